The van der Waals surface area contributed by atoms with Crippen LogP contribution in [0.15, 0.2) is 0 Å². The second-order valence-electron chi connectivity index (χ2n) is 7.09. The fourth-order valence-electron chi connectivity index (χ4n) is 4.53. The molecule has 0 aromatic carbocycles. The zero-order valence-corrected chi connectivity index (χ0v) is 14.6. The van der Waals surface area contributed by atoms with E-state index in [-0.39, 0.29) is 24.7 Å². The number of ether oxygens (including phenoxy) is 2. The molecule has 5 nitrogen and oxygen atoms in total. The third-order valence-electron chi connectivity index (χ3n) is 6.27. The summed E-state index contributed by atoms with van der Waals surface area (Å²) in [6.45, 7) is 10.7. The molecule has 3 fully saturated rings. The largest absolute Gasteiger partial charge is 0.465 e. The fraction of sp³-hybridized carbons (Fsp3) is 0.882. The minimum atomic E-state index is -1.19. The normalized spacial score (nSPS) is 36.9. The Labute approximate surface area is 133 Å². The number of piperidine rings is 2. The molecule has 22 heavy (non-hydrogen) atoms. The number of rotatable bonds is 4. The topological polar surface area (TPSA) is 55.8 Å². The first-order valence-electron chi connectivity index (χ1n) is 8.32. The molecule has 0 aromatic rings. The average molecular weight is 311 g/mol. The van der Waals surface area contributed by atoms with E-state index >= 15 is 0 Å². The molecule has 3 aliphatic rings. The van der Waals surface area contributed by atoms with E-state index in [0.717, 1.165) is 6.42 Å². The Morgan fingerprint density at radius 1 is 1.14 bits per heavy atom. The third kappa shape index (κ3) is 2.16. The van der Waals surface area contributed by atoms with Gasteiger partial charge in [0, 0.05) is 12.1 Å². The molecule has 2 bridgehead atoms. The number of hydrogen-bond donors (Lipinski definition) is 0. The first-order valence-corrected chi connectivity index (χ1v) is 8.32. The van der Waals surface area contributed by atoms with Gasteiger partial charge in [0.05, 0.1) is 13.2 Å². The van der Waals surface area contributed by atoms with Crippen molar-refractivity contribution in [1.82, 2.24) is 4.90 Å². The quantitative estimate of drug-likeness (QED) is 0.589. The molecule has 1 saturated carbocycles. The smallest absolute Gasteiger partial charge is 0.325 e. The summed E-state index contributed by atoms with van der Waals surface area (Å²) >= 11 is 0. The minimum Gasteiger partial charge on any atom is -0.465 e. The molecule has 0 spiro atoms. The van der Waals surface area contributed by atoms with E-state index in [2.05, 4.69) is 25.7 Å². The van der Waals surface area contributed by atoms with Crippen LogP contribution in [-0.4, -0.2) is 49.2 Å². The lowest BCUT2D eigenvalue weighted by Gasteiger charge is -2.63. The van der Waals surface area contributed by atoms with Crippen molar-refractivity contribution in [2.75, 3.05) is 20.3 Å². The second kappa shape index (κ2) is 5.84. The molecule has 0 radical (unpaired) electrons. The highest BCUT2D eigenvalue weighted by Crippen LogP contribution is 2.59. The Bertz CT molecular complexity index is 446. The van der Waals surface area contributed by atoms with Crippen molar-refractivity contribution >= 4 is 11.9 Å². The van der Waals surface area contributed by atoms with Crippen LogP contribution in [-0.2, 0) is 19.1 Å². The van der Waals surface area contributed by atoms with Crippen LogP contribution in [0.5, 0.6) is 0 Å². The Morgan fingerprint density at radius 3 is 2.09 bits per heavy atom. The Hall–Kier alpha value is -1.10. The maximum Gasteiger partial charge on any atom is 0.325 e. The van der Waals surface area contributed by atoms with Gasteiger partial charge in [-0.1, -0.05) is 13.8 Å². The number of esters is 2. The first-order chi connectivity index (χ1) is 10.3. The van der Waals surface area contributed by atoms with Crippen molar-refractivity contribution in [3.05, 3.63) is 0 Å². The first kappa shape index (κ1) is 17.3. The Balaban J connectivity index is 2.51. The van der Waals surface area contributed by atoms with Crippen LogP contribution in [0.4, 0.5) is 0 Å². The zero-order valence-electron chi connectivity index (χ0n) is 14.6. The predicted molar refractivity (Wildman–Crippen MR) is 83.2 cm³/mol. The molecular formula is C17H29NO4. The summed E-state index contributed by atoms with van der Waals surface area (Å²) in [4.78, 5) is 27.7. The van der Waals surface area contributed by atoms with Gasteiger partial charge < -0.3 is 9.47 Å². The number of hydrogen-bond acceptors (Lipinski definition) is 5. The highest BCUT2D eigenvalue weighted by molar-refractivity contribution is 6.01. The highest BCUT2D eigenvalue weighted by atomic mass is 16.6. The van der Waals surface area contributed by atoms with Crippen molar-refractivity contribution in [2.24, 2.45) is 16.7 Å². The van der Waals surface area contributed by atoms with Crippen molar-refractivity contribution < 1.29 is 19.1 Å². The van der Waals surface area contributed by atoms with Crippen LogP contribution in [0, 0.1) is 16.7 Å². The number of carbonyl (C=O) groups excluding carboxylic acids is 2. The van der Waals surface area contributed by atoms with Gasteiger partial charge in [-0.2, -0.15) is 0 Å². The SMILES string of the molecule is CCOC(=O)C1(C(=O)OCC)CC2(C)C(C)CC1N(C)C2C. The summed E-state index contributed by atoms with van der Waals surface area (Å²) in [5.41, 5.74) is -1.29. The summed E-state index contributed by atoms with van der Waals surface area (Å²) in [6, 6.07) is 0.163. The van der Waals surface area contributed by atoms with Gasteiger partial charge in [-0.15, -0.1) is 0 Å². The molecule has 2 saturated heterocycles. The van der Waals surface area contributed by atoms with Gasteiger partial charge in [0.2, 0.25) is 0 Å². The maximum atomic E-state index is 12.8. The minimum absolute atomic E-state index is 0.108. The van der Waals surface area contributed by atoms with E-state index in [1.807, 2.05) is 7.05 Å². The van der Waals surface area contributed by atoms with Gasteiger partial charge in [-0.3, -0.25) is 14.5 Å². The van der Waals surface area contributed by atoms with Gasteiger partial charge in [0.1, 0.15) is 0 Å². The molecule has 5 heteroatoms. The van der Waals surface area contributed by atoms with E-state index < -0.39 is 17.4 Å². The van der Waals surface area contributed by atoms with E-state index in [1.165, 1.54) is 0 Å². The summed E-state index contributed by atoms with van der Waals surface area (Å²) in [6.07, 6.45) is 1.32. The van der Waals surface area contributed by atoms with Gasteiger partial charge >= 0.3 is 11.9 Å². The Kier molecular flexibility index (Phi) is 4.58. The van der Waals surface area contributed by atoms with Crippen molar-refractivity contribution in [3.8, 4) is 0 Å². The van der Waals surface area contributed by atoms with Crippen LogP contribution < -0.4 is 0 Å². The molecule has 1 aliphatic carbocycles. The summed E-state index contributed by atoms with van der Waals surface area (Å²) < 4.78 is 10.6. The van der Waals surface area contributed by atoms with Gasteiger partial charge in [0.15, 0.2) is 5.41 Å². The molecule has 4 unspecified atom stereocenters. The number of nitrogens with zero attached hydrogens (tertiary/aromatic N) is 1. The highest BCUT2D eigenvalue weighted by Gasteiger charge is 2.68. The molecule has 0 N–H and O–H groups in total. The molecule has 2 aliphatic heterocycles. The second-order valence-corrected chi connectivity index (χ2v) is 7.09. The molecule has 126 valence electrons. The van der Waals surface area contributed by atoms with Crippen LogP contribution in [0.2, 0.25) is 0 Å². The summed E-state index contributed by atoms with van der Waals surface area (Å²) in [7, 11) is 2.01. The molecule has 0 amide bonds. The van der Waals surface area contributed by atoms with Crippen LogP contribution in [0.25, 0.3) is 0 Å². The lowest BCUT2D eigenvalue weighted by atomic mass is 9.49. The monoisotopic (exact) mass is 311 g/mol. The molecule has 0 aromatic heterocycles. The van der Waals surface area contributed by atoms with E-state index in [0.29, 0.717) is 18.4 Å². The molecule has 3 rings (SSSR count). The third-order valence-corrected chi connectivity index (χ3v) is 6.27. The molecule has 2 heterocycles. The lowest BCUT2D eigenvalue weighted by Crippen LogP contribution is -2.72. The van der Waals surface area contributed by atoms with E-state index in [1.54, 1.807) is 13.8 Å². The maximum absolute atomic E-state index is 12.8. The Morgan fingerprint density at radius 2 is 1.64 bits per heavy atom. The van der Waals surface area contributed by atoms with Crippen molar-refractivity contribution in [1.29, 1.82) is 0 Å². The van der Waals surface area contributed by atoms with Crippen LogP contribution in [0.3, 0.4) is 0 Å². The molecular weight excluding hydrogens is 282 g/mol. The standard InChI is InChI=1S/C17H29NO4/c1-7-21-14(19)17(15(20)22-8-2)10-16(5)11(3)9-13(17)18(6)12(16)4/h11-13H,7-10H2,1-6H3. The predicted octanol–water partition coefficient (Wildman–Crippen LogP) is 2.24. The lowest BCUT2D eigenvalue weighted by molar-refractivity contribution is -0.209. The van der Waals surface area contributed by atoms with Gasteiger partial charge in [0.25, 0.3) is 0 Å². The summed E-state index contributed by atoms with van der Waals surface area (Å²) in [5.74, 6) is -0.383. The number of fused-ring (bicyclic) bond motifs is 3. The van der Waals surface area contributed by atoms with Crippen molar-refractivity contribution in [2.45, 2.75) is 59.5 Å². The van der Waals surface area contributed by atoms with Crippen molar-refractivity contribution in [3.63, 3.8) is 0 Å². The summed E-state index contributed by atoms with van der Waals surface area (Å²) in [5, 5.41) is 0. The van der Waals surface area contributed by atoms with Gasteiger partial charge in [-0.05, 0) is 52.0 Å². The van der Waals surface area contributed by atoms with Crippen LogP contribution >= 0.6 is 0 Å². The van der Waals surface area contributed by atoms with Gasteiger partial charge in [-0.25, -0.2) is 0 Å². The van der Waals surface area contributed by atoms with Crippen LogP contribution in [0.1, 0.15) is 47.5 Å². The van der Waals surface area contributed by atoms with E-state index in [4.69, 9.17) is 9.47 Å². The van der Waals surface area contributed by atoms with E-state index in [9.17, 15) is 9.59 Å². The zero-order chi connectivity index (χ0) is 16.7. The average Bonchev–Trinajstić information content (AvgIpc) is 2.47. The molecule has 4 atom stereocenters. The number of carbonyl (C=O) groups is 2. The fourth-order valence-corrected chi connectivity index (χ4v) is 4.53.